The van der Waals surface area contributed by atoms with E-state index < -0.39 is 18.3 Å². The SMILES string of the molecule is Cc1ccccc1CCC(F)(F)C(=O)O. The number of aliphatic carboxylic acids is 1. The van der Waals surface area contributed by atoms with Crippen molar-refractivity contribution in [1.82, 2.24) is 0 Å². The molecule has 15 heavy (non-hydrogen) atoms. The maximum atomic E-state index is 12.8. The zero-order valence-corrected chi connectivity index (χ0v) is 8.34. The number of benzene rings is 1. The molecule has 0 spiro atoms. The topological polar surface area (TPSA) is 37.3 Å². The van der Waals surface area contributed by atoms with Crippen molar-refractivity contribution in [2.75, 3.05) is 0 Å². The van der Waals surface area contributed by atoms with Crippen molar-refractivity contribution in [3.63, 3.8) is 0 Å². The Bertz CT molecular complexity index is 361. The van der Waals surface area contributed by atoms with Crippen LogP contribution in [-0.4, -0.2) is 17.0 Å². The van der Waals surface area contributed by atoms with E-state index in [-0.39, 0.29) is 6.42 Å². The summed E-state index contributed by atoms with van der Waals surface area (Å²) in [4.78, 5) is 10.2. The molecule has 82 valence electrons. The number of halogens is 2. The minimum atomic E-state index is -3.64. The van der Waals surface area contributed by atoms with Crippen molar-refractivity contribution in [2.45, 2.75) is 25.7 Å². The fourth-order valence-corrected chi connectivity index (χ4v) is 1.29. The van der Waals surface area contributed by atoms with Gasteiger partial charge in [-0.05, 0) is 24.5 Å². The molecule has 0 aromatic heterocycles. The van der Waals surface area contributed by atoms with Gasteiger partial charge in [0.1, 0.15) is 0 Å². The Kier molecular flexibility index (Phi) is 3.39. The first-order chi connectivity index (χ1) is 6.93. The zero-order chi connectivity index (χ0) is 11.5. The van der Waals surface area contributed by atoms with Gasteiger partial charge in [0.05, 0.1) is 0 Å². The first-order valence-corrected chi connectivity index (χ1v) is 4.59. The highest BCUT2D eigenvalue weighted by molar-refractivity contribution is 5.75. The van der Waals surface area contributed by atoms with Gasteiger partial charge in [0, 0.05) is 6.42 Å². The molecule has 0 atom stereocenters. The molecule has 0 saturated carbocycles. The summed E-state index contributed by atoms with van der Waals surface area (Å²) >= 11 is 0. The lowest BCUT2D eigenvalue weighted by atomic mass is 10.0. The number of hydrogen-bond donors (Lipinski definition) is 1. The number of rotatable bonds is 4. The fourth-order valence-electron chi connectivity index (χ4n) is 1.29. The minimum absolute atomic E-state index is 0.0754. The second-order valence-corrected chi connectivity index (χ2v) is 3.44. The molecule has 2 nitrogen and oxygen atoms in total. The van der Waals surface area contributed by atoms with Crippen LogP contribution >= 0.6 is 0 Å². The lowest BCUT2D eigenvalue weighted by Gasteiger charge is -2.11. The molecular formula is C11H12F2O2. The summed E-state index contributed by atoms with van der Waals surface area (Å²) in [6.07, 6.45) is -0.584. The monoisotopic (exact) mass is 214 g/mol. The Morgan fingerprint density at radius 2 is 2.00 bits per heavy atom. The molecule has 0 unspecified atom stereocenters. The van der Waals surface area contributed by atoms with Gasteiger partial charge < -0.3 is 5.11 Å². The van der Waals surface area contributed by atoms with Crippen molar-refractivity contribution in [3.8, 4) is 0 Å². The third-order valence-corrected chi connectivity index (χ3v) is 2.28. The molecule has 1 aromatic rings. The molecule has 1 N–H and O–H groups in total. The number of carbonyl (C=O) groups is 1. The average Bonchev–Trinajstić information content (AvgIpc) is 2.16. The molecule has 1 rings (SSSR count). The highest BCUT2D eigenvalue weighted by Gasteiger charge is 2.37. The molecule has 0 aliphatic heterocycles. The van der Waals surface area contributed by atoms with Crippen LogP contribution in [0.5, 0.6) is 0 Å². The van der Waals surface area contributed by atoms with Crippen LogP contribution in [0.2, 0.25) is 0 Å². The van der Waals surface area contributed by atoms with Crippen molar-refractivity contribution in [2.24, 2.45) is 0 Å². The number of carboxylic acid groups (broad SMARTS) is 1. The first kappa shape index (κ1) is 11.6. The van der Waals surface area contributed by atoms with Gasteiger partial charge in [0.25, 0.3) is 0 Å². The molecule has 0 aliphatic rings. The Morgan fingerprint density at radius 3 is 2.53 bits per heavy atom. The Morgan fingerprint density at radius 1 is 1.40 bits per heavy atom. The normalized spacial score (nSPS) is 11.4. The van der Waals surface area contributed by atoms with E-state index in [9.17, 15) is 13.6 Å². The summed E-state index contributed by atoms with van der Waals surface area (Å²) in [6, 6.07) is 7.11. The summed E-state index contributed by atoms with van der Waals surface area (Å²) in [5.41, 5.74) is 1.66. The van der Waals surface area contributed by atoms with Crippen LogP contribution in [0.25, 0.3) is 0 Å². The highest BCUT2D eigenvalue weighted by Crippen LogP contribution is 2.22. The Balaban J connectivity index is 2.66. The maximum Gasteiger partial charge on any atom is 0.374 e. The van der Waals surface area contributed by atoms with Gasteiger partial charge >= 0.3 is 11.9 Å². The minimum Gasteiger partial charge on any atom is -0.477 e. The number of alkyl halides is 2. The third kappa shape index (κ3) is 3.01. The Labute approximate surface area is 86.5 Å². The van der Waals surface area contributed by atoms with E-state index in [0.29, 0.717) is 0 Å². The second kappa shape index (κ2) is 4.38. The van der Waals surface area contributed by atoms with Gasteiger partial charge in [-0.3, -0.25) is 0 Å². The van der Waals surface area contributed by atoms with Gasteiger partial charge in [-0.15, -0.1) is 0 Å². The predicted molar refractivity (Wildman–Crippen MR) is 52.1 cm³/mol. The van der Waals surface area contributed by atoms with Crippen molar-refractivity contribution >= 4 is 5.97 Å². The standard InChI is InChI=1S/C11H12F2O2/c1-8-4-2-3-5-9(8)6-7-11(12,13)10(14)15/h2-5H,6-7H2,1H3,(H,14,15). The second-order valence-electron chi connectivity index (χ2n) is 3.44. The molecule has 0 saturated heterocycles. The number of aryl methyl sites for hydroxylation is 2. The molecule has 0 aliphatic carbocycles. The van der Waals surface area contributed by atoms with E-state index in [1.807, 2.05) is 19.1 Å². The van der Waals surface area contributed by atoms with E-state index in [1.54, 1.807) is 12.1 Å². The molecule has 1 aromatic carbocycles. The van der Waals surface area contributed by atoms with Gasteiger partial charge in [0.2, 0.25) is 0 Å². The van der Waals surface area contributed by atoms with Crippen LogP contribution < -0.4 is 0 Å². The maximum absolute atomic E-state index is 12.8. The highest BCUT2D eigenvalue weighted by atomic mass is 19.3. The van der Waals surface area contributed by atoms with Crippen LogP contribution in [-0.2, 0) is 11.2 Å². The summed E-state index contributed by atoms with van der Waals surface area (Å²) in [5, 5.41) is 8.24. The zero-order valence-electron chi connectivity index (χ0n) is 8.34. The van der Waals surface area contributed by atoms with E-state index in [4.69, 9.17) is 5.11 Å². The molecule has 0 radical (unpaired) electrons. The lowest BCUT2D eigenvalue weighted by molar-refractivity contribution is -0.165. The van der Waals surface area contributed by atoms with E-state index in [1.165, 1.54) is 0 Å². The fraction of sp³-hybridized carbons (Fsp3) is 0.364. The number of carboxylic acids is 1. The van der Waals surface area contributed by atoms with Crippen LogP contribution in [0, 0.1) is 6.92 Å². The van der Waals surface area contributed by atoms with Crippen molar-refractivity contribution in [3.05, 3.63) is 35.4 Å². The largest absolute Gasteiger partial charge is 0.477 e. The summed E-state index contributed by atoms with van der Waals surface area (Å²) < 4.78 is 25.5. The third-order valence-electron chi connectivity index (χ3n) is 2.28. The van der Waals surface area contributed by atoms with Crippen LogP contribution in [0.4, 0.5) is 8.78 Å². The average molecular weight is 214 g/mol. The first-order valence-electron chi connectivity index (χ1n) is 4.59. The summed E-state index contributed by atoms with van der Waals surface area (Å²) in [7, 11) is 0. The smallest absolute Gasteiger partial charge is 0.374 e. The lowest BCUT2D eigenvalue weighted by Crippen LogP contribution is -2.28. The quantitative estimate of drug-likeness (QED) is 0.836. The van der Waals surface area contributed by atoms with Crippen molar-refractivity contribution in [1.29, 1.82) is 0 Å². The molecule has 4 heteroatoms. The van der Waals surface area contributed by atoms with Crippen LogP contribution in [0.1, 0.15) is 17.5 Å². The van der Waals surface area contributed by atoms with Crippen molar-refractivity contribution < 1.29 is 18.7 Å². The summed E-state index contributed by atoms with van der Waals surface area (Å²) in [6.45, 7) is 1.81. The van der Waals surface area contributed by atoms with Gasteiger partial charge in [-0.2, -0.15) is 8.78 Å². The van der Waals surface area contributed by atoms with E-state index in [0.717, 1.165) is 11.1 Å². The number of hydrogen-bond acceptors (Lipinski definition) is 1. The Hall–Kier alpha value is -1.45. The predicted octanol–water partition coefficient (Wildman–Crippen LogP) is 2.65. The van der Waals surface area contributed by atoms with E-state index >= 15 is 0 Å². The molecular weight excluding hydrogens is 202 g/mol. The summed E-state index contributed by atoms with van der Waals surface area (Å²) in [5.74, 6) is -5.70. The van der Waals surface area contributed by atoms with Crippen LogP contribution in [0.15, 0.2) is 24.3 Å². The van der Waals surface area contributed by atoms with E-state index in [2.05, 4.69) is 0 Å². The molecule has 0 amide bonds. The molecule has 0 fully saturated rings. The van der Waals surface area contributed by atoms with Gasteiger partial charge in [0.15, 0.2) is 0 Å². The molecule has 0 bridgehead atoms. The van der Waals surface area contributed by atoms with Gasteiger partial charge in [-0.25, -0.2) is 4.79 Å². The molecule has 0 heterocycles. The van der Waals surface area contributed by atoms with Crippen LogP contribution in [0.3, 0.4) is 0 Å². The van der Waals surface area contributed by atoms with Gasteiger partial charge in [-0.1, -0.05) is 24.3 Å².